The number of carbonyl (C=O) groups excluding carboxylic acids is 1. The summed E-state index contributed by atoms with van der Waals surface area (Å²) in [6.45, 7) is 8.80. The van der Waals surface area contributed by atoms with Crippen molar-refractivity contribution in [1.82, 2.24) is 19.8 Å². The number of aldehydes is 1. The Kier molecular flexibility index (Phi) is 8.66. The van der Waals surface area contributed by atoms with E-state index in [-0.39, 0.29) is 5.75 Å². The van der Waals surface area contributed by atoms with Gasteiger partial charge in [-0.1, -0.05) is 24.3 Å². The molecule has 0 radical (unpaired) electrons. The molecular weight excluding hydrogens is 539 g/mol. The Balaban J connectivity index is 1.26. The predicted octanol–water partition coefficient (Wildman–Crippen LogP) is 2.97. The van der Waals surface area contributed by atoms with Crippen LogP contribution in [-0.4, -0.2) is 103 Å². The lowest BCUT2D eigenvalue weighted by molar-refractivity contribution is -0.104. The smallest absolute Gasteiger partial charge is 0.318 e. The van der Waals surface area contributed by atoms with E-state index >= 15 is 4.39 Å². The van der Waals surface area contributed by atoms with Gasteiger partial charge in [-0.2, -0.15) is 9.97 Å². The Bertz CT molecular complexity index is 1440. The molecule has 2 aromatic carbocycles. The van der Waals surface area contributed by atoms with Crippen LogP contribution in [0.1, 0.15) is 17.7 Å². The molecule has 4 heterocycles. The number of ether oxygens (including phenoxy) is 2. The van der Waals surface area contributed by atoms with Gasteiger partial charge in [-0.25, -0.2) is 4.39 Å². The van der Waals surface area contributed by atoms with Crippen molar-refractivity contribution in [1.29, 1.82) is 0 Å². The fourth-order valence-corrected chi connectivity index (χ4v) is 6.02. The molecule has 0 unspecified atom stereocenters. The number of aromatic hydroxyl groups is 1. The summed E-state index contributed by atoms with van der Waals surface area (Å²) in [5, 5.41) is 11.9. The van der Waals surface area contributed by atoms with Gasteiger partial charge in [-0.05, 0) is 30.4 Å². The minimum atomic E-state index is -0.620. The Labute approximate surface area is 244 Å². The first-order valence-electron chi connectivity index (χ1n) is 14.7. The molecule has 3 aromatic rings. The van der Waals surface area contributed by atoms with Crippen LogP contribution in [0.25, 0.3) is 10.8 Å². The molecule has 0 bridgehead atoms. The van der Waals surface area contributed by atoms with E-state index in [9.17, 15) is 9.90 Å². The van der Waals surface area contributed by atoms with Crippen molar-refractivity contribution < 1.29 is 23.8 Å². The molecule has 10 nitrogen and oxygen atoms in total. The molecule has 0 atom stereocenters. The summed E-state index contributed by atoms with van der Waals surface area (Å²) in [4.78, 5) is 29.2. The fourth-order valence-electron chi connectivity index (χ4n) is 6.02. The van der Waals surface area contributed by atoms with Crippen molar-refractivity contribution in [2.45, 2.75) is 19.4 Å². The van der Waals surface area contributed by atoms with Crippen LogP contribution in [0.4, 0.5) is 15.9 Å². The number of piperazine rings is 1. The number of halogens is 1. The highest BCUT2D eigenvalue weighted by Gasteiger charge is 2.29. The number of aromatic nitrogens is 2. The van der Waals surface area contributed by atoms with Gasteiger partial charge in [0.15, 0.2) is 11.6 Å². The molecule has 11 heteroatoms. The zero-order chi connectivity index (χ0) is 28.9. The van der Waals surface area contributed by atoms with E-state index in [1.54, 1.807) is 0 Å². The molecule has 6 rings (SSSR count). The quantitative estimate of drug-likeness (QED) is 0.233. The number of fused-ring (bicyclic) bond motifs is 2. The molecule has 0 amide bonds. The van der Waals surface area contributed by atoms with Crippen LogP contribution in [0.15, 0.2) is 42.6 Å². The topological polar surface area (TPSA) is 94.5 Å². The Hall–Kier alpha value is -3.96. The number of phenols is 1. The second-order valence-electron chi connectivity index (χ2n) is 10.9. The molecule has 0 spiro atoms. The number of benzene rings is 2. The number of nitrogens with zero attached hydrogens (tertiary/aromatic N) is 6. The standard InChI is InChI=1S/C31H37FN6O4/c32-28-27(40)21-23-5-1-2-6-24(23)29(28)38-10-7-25-26(22-38)33-31(42-18-4-9-36-15-19-41-20-16-36)34-30(25)37-13-11-35(12-14-37)8-3-17-39/h1-3,5-6,8,17,21,40H,4,7,9-16,18-20,22H2. The number of morpholine rings is 1. The van der Waals surface area contributed by atoms with Crippen LogP contribution in [-0.2, 0) is 22.5 Å². The summed E-state index contributed by atoms with van der Waals surface area (Å²) in [5.74, 6) is -0.114. The van der Waals surface area contributed by atoms with Crippen molar-refractivity contribution in [2.24, 2.45) is 0 Å². The highest BCUT2D eigenvalue weighted by atomic mass is 19.1. The fraction of sp³-hybridized carbons (Fsp3) is 0.452. The molecule has 3 aliphatic rings. The van der Waals surface area contributed by atoms with Crippen molar-refractivity contribution in [3.8, 4) is 11.8 Å². The first-order valence-corrected chi connectivity index (χ1v) is 14.7. The summed E-state index contributed by atoms with van der Waals surface area (Å²) in [6, 6.07) is 9.33. The van der Waals surface area contributed by atoms with E-state index in [1.165, 1.54) is 12.1 Å². The predicted molar refractivity (Wildman–Crippen MR) is 159 cm³/mol. The van der Waals surface area contributed by atoms with Gasteiger partial charge in [0.25, 0.3) is 0 Å². The van der Waals surface area contributed by atoms with E-state index in [0.29, 0.717) is 37.8 Å². The highest BCUT2D eigenvalue weighted by molar-refractivity contribution is 5.96. The van der Waals surface area contributed by atoms with Crippen LogP contribution in [0.5, 0.6) is 11.8 Å². The van der Waals surface area contributed by atoms with Gasteiger partial charge in [0.1, 0.15) is 12.1 Å². The Morgan fingerprint density at radius 1 is 1.02 bits per heavy atom. The average molecular weight is 577 g/mol. The van der Waals surface area contributed by atoms with Crippen LogP contribution in [0, 0.1) is 5.82 Å². The maximum Gasteiger partial charge on any atom is 0.318 e. The van der Waals surface area contributed by atoms with E-state index in [4.69, 9.17) is 19.4 Å². The summed E-state index contributed by atoms with van der Waals surface area (Å²) >= 11 is 0. The first kappa shape index (κ1) is 28.2. The Morgan fingerprint density at radius 3 is 2.64 bits per heavy atom. The van der Waals surface area contributed by atoms with Gasteiger partial charge in [0.2, 0.25) is 0 Å². The minimum absolute atomic E-state index is 0.331. The van der Waals surface area contributed by atoms with Crippen LogP contribution < -0.4 is 14.5 Å². The third-order valence-electron chi connectivity index (χ3n) is 8.22. The summed E-state index contributed by atoms with van der Waals surface area (Å²) < 4.78 is 27.0. The van der Waals surface area contributed by atoms with E-state index < -0.39 is 5.82 Å². The molecule has 0 aliphatic carbocycles. The lowest BCUT2D eigenvalue weighted by Crippen LogP contribution is -2.45. The monoisotopic (exact) mass is 576 g/mol. The SMILES string of the molecule is O=CC=CN1CCN(c2nc(OCCCN3CCOCC3)nc3c2CCN(c2c(F)c(O)cc4ccccc24)C3)CC1. The molecule has 2 saturated heterocycles. The number of hydrogen-bond donors (Lipinski definition) is 1. The van der Waals surface area contributed by atoms with E-state index in [0.717, 1.165) is 99.6 Å². The average Bonchev–Trinajstić information content (AvgIpc) is 3.03. The van der Waals surface area contributed by atoms with Gasteiger partial charge in [-0.3, -0.25) is 9.69 Å². The number of rotatable bonds is 9. The van der Waals surface area contributed by atoms with E-state index in [1.807, 2.05) is 35.4 Å². The molecular formula is C31H37FN6O4. The number of carbonyl (C=O) groups is 1. The maximum absolute atomic E-state index is 15.4. The van der Waals surface area contributed by atoms with Gasteiger partial charge < -0.3 is 29.3 Å². The van der Waals surface area contributed by atoms with Crippen molar-refractivity contribution in [3.63, 3.8) is 0 Å². The number of anilines is 2. The van der Waals surface area contributed by atoms with Crippen molar-refractivity contribution in [3.05, 3.63) is 59.7 Å². The largest absolute Gasteiger partial charge is 0.505 e. The van der Waals surface area contributed by atoms with E-state index in [2.05, 4.69) is 14.7 Å². The molecule has 3 aliphatic heterocycles. The van der Waals surface area contributed by atoms with Gasteiger partial charge in [0, 0.05) is 69.5 Å². The molecule has 222 valence electrons. The normalized spacial score (nSPS) is 18.1. The Morgan fingerprint density at radius 2 is 1.83 bits per heavy atom. The third-order valence-corrected chi connectivity index (χ3v) is 8.22. The van der Waals surface area contributed by atoms with Crippen molar-refractivity contribution in [2.75, 3.05) is 82.0 Å². The molecule has 42 heavy (non-hydrogen) atoms. The second-order valence-corrected chi connectivity index (χ2v) is 10.9. The summed E-state index contributed by atoms with van der Waals surface area (Å²) in [6.07, 6.45) is 5.62. The minimum Gasteiger partial charge on any atom is -0.505 e. The summed E-state index contributed by atoms with van der Waals surface area (Å²) in [7, 11) is 0. The van der Waals surface area contributed by atoms with Gasteiger partial charge >= 0.3 is 6.01 Å². The lowest BCUT2D eigenvalue weighted by atomic mass is 10.0. The molecule has 1 N–H and O–H groups in total. The first-order chi connectivity index (χ1) is 20.6. The van der Waals surface area contributed by atoms with Crippen LogP contribution in [0.2, 0.25) is 0 Å². The van der Waals surface area contributed by atoms with Crippen LogP contribution >= 0.6 is 0 Å². The number of phenolic OH excluding ortho intramolecular Hbond substituents is 1. The molecule has 0 saturated carbocycles. The van der Waals surface area contributed by atoms with Crippen LogP contribution in [0.3, 0.4) is 0 Å². The number of hydrogen-bond acceptors (Lipinski definition) is 10. The zero-order valence-electron chi connectivity index (χ0n) is 23.8. The highest BCUT2D eigenvalue weighted by Crippen LogP contribution is 2.39. The van der Waals surface area contributed by atoms with Gasteiger partial charge in [-0.15, -0.1) is 0 Å². The second kappa shape index (κ2) is 12.9. The van der Waals surface area contributed by atoms with Crippen molar-refractivity contribution >= 4 is 28.6 Å². The lowest BCUT2D eigenvalue weighted by Gasteiger charge is -2.38. The molecule has 1 aromatic heterocycles. The third kappa shape index (κ3) is 6.12. The van der Waals surface area contributed by atoms with Gasteiger partial charge in [0.05, 0.1) is 37.7 Å². The zero-order valence-corrected chi connectivity index (χ0v) is 23.8. The maximum atomic E-state index is 15.4. The summed E-state index contributed by atoms with van der Waals surface area (Å²) in [5.41, 5.74) is 2.25. The molecule has 2 fully saturated rings. The number of allylic oxidation sites excluding steroid dienone is 1.